The smallest absolute Gasteiger partial charge is 0.173 e. The molecular weight excluding hydrogens is 532 g/mol. The van der Waals surface area contributed by atoms with Crippen LogP contribution in [0.3, 0.4) is 0 Å². The number of hydrogen-bond acceptors (Lipinski definition) is 3. The van der Waals surface area contributed by atoms with Gasteiger partial charge in [0.2, 0.25) is 0 Å². The van der Waals surface area contributed by atoms with Gasteiger partial charge < -0.3 is 10.2 Å². The molecule has 10 heteroatoms. The lowest BCUT2D eigenvalue weighted by Gasteiger charge is -2.36. The fraction of sp³-hybridized carbons (Fsp3) is 0.333. The van der Waals surface area contributed by atoms with Gasteiger partial charge in [0.1, 0.15) is 0 Å². The van der Waals surface area contributed by atoms with Gasteiger partial charge in [-0.1, -0.05) is 58.5 Å². The second kappa shape index (κ2) is 11.0. The fourth-order valence-electron chi connectivity index (χ4n) is 4.03. The fourth-order valence-corrected chi connectivity index (χ4v) is 5.10. The highest BCUT2D eigenvalue weighted by atomic mass is 35.5. The lowest BCUT2D eigenvalue weighted by atomic mass is 10.2. The molecular formula is C24H25Cl4N5S. The molecule has 0 bridgehead atoms. The summed E-state index contributed by atoms with van der Waals surface area (Å²) in [4.78, 5) is 4.57. The molecule has 1 aliphatic heterocycles. The van der Waals surface area contributed by atoms with Crippen LogP contribution in [0.25, 0.3) is 0 Å². The van der Waals surface area contributed by atoms with E-state index in [4.69, 9.17) is 63.7 Å². The van der Waals surface area contributed by atoms with Crippen molar-refractivity contribution < 1.29 is 0 Å². The first kappa shape index (κ1) is 25.5. The summed E-state index contributed by atoms with van der Waals surface area (Å²) in [6.07, 6.45) is 0. The number of benzene rings is 2. The monoisotopic (exact) mass is 555 g/mol. The summed E-state index contributed by atoms with van der Waals surface area (Å²) < 4.78 is 1.95. The second-order valence-electron chi connectivity index (χ2n) is 8.38. The van der Waals surface area contributed by atoms with Gasteiger partial charge in [-0.05, 0) is 61.5 Å². The maximum atomic E-state index is 6.34. The van der Waals surface area contributed by atoms with Crippen LogP contribution in [0.15, 0.2) is 36.4 Å². The van der Waals surface area contributed by atoms with Gasteiger partial charge >= 0.3 is 0 Å². The normalized spacial score (nSPS) is 14.5. The van der Waals surface area contributed by atoms with Crippen LogP contribution in [0.4, 0.5) is 5.69 Å². The molecule has 180 valence electrons. The Hall–Kier alpha value is -1.54. The van der Waals surface area contributed by atoms with Gasteiger partial charge in [0.05, 0.1) is 33.7 Å². The standard InChI is InChI=1S/C24H25Cl4N5S/c1-15-23(16(2)33(30-15)13-17-3-6-20(26)22(28)11-17)29-24(34)32-9-7-31(8-10-32)14-18-4-5-19(25)12-21(18)27/h3-6,11-12H,7-10,13-14H2,1-2H3,(H,29,34). The SMILES string of the molecule is Cc1nn(Cc2ccc(Cl)c(Cl)c2)c(C)c1NC(=S)N1CCN(Cc2ccc(Cl)cc2Cl)CC1. The van der Waals surface area contributed by atoms with Gasteiger partial charge in [0.15, 0.2) is 5.11 Å². The first-order valence-electron chi connectivity index (χ1n) is 10.9. The quantitative estimate of drug-likeness (QED) is 0.355. The number of anilines is 1. The van der Waals surface area contributed by atoms with Crippen molar-refractivity contribution in [3.05, 3.63) is 79.0 Å². The molecule has 0 saturated carbocycles. The van der Waals surface area contributed by atoms with E-state index < -0.39 is 0 Å². The van der Waals surface area contributed by atoms with Gasteiger partial charge in [-0.25, -0.2) is 0 Å². The van der Waals surface area contributed by atoms with Gasteiger partial charge in [0.25, 0.3) is 0 Å². The summed E-state index contributed by atoms with van der Waals surface area (Å²) in [5.41, 5.74) is 4.98. The number of aryl methyl sites for hydroxylation is 1. The molecule has 1 N–H and O–H groups in total. The number of hydrogen-bond donors (Lipinski definition) is 1. The van der Waals surface area contributed by atoms with Crippen LogP contribution in [0.5, 0.6) is 0 Å². The van der Waals surface area contributed by atoms with Crippen molar-refractivity contribution in [2.24, 2.45) is 0 Å². The molecule has 0 amide bonds. The molecule has 1 saturated heterocycles. The molecule has 5 nitrogen and oxygen atoms in total. The Balaban J connectivity index is 1.35. The molecule has 0 aliphatic carbocycles. The lowest BCUT2D eigenvalue weighted by molar-refractivity contribution is 0.177. The van der Waals surface area contributed by atoms with E-state index >= 15 is 0 Å². The molecule has 0 unspecified atom stereocenters. The topological polar surface area (TPSA) is 36.3 Å². The largest absolute Gasteiger partial charge is 0.346 e. The van der Waals surface area contributed by atoms with Crippen molar-refractivity contribution in [2.75, 3.05) is 31.5 Å². The maximum Gasteiger partial charge on any atom is 0.173 e. The van der Waals surface area contributed by atoms with E-state index in [9.17, 15) is 0 Å². The van der Waals surface area contributed by atoms with E-state index in [0.29, 0.717) is 31.7 Å². The minimum atomic E-state index is 0.540. The summed E-state index contributed by atoms with van der Waals surface area (Å²) in [5.74, 6) is 0. The Morgan fingerprint density at radius 3 is 2.32 bits per heavy atom. The maximum absolute atomic E-state index is 6.34. The predicted octanol–water partition coefficient (Wildman–Crippen LogP) is 6.68. The third-order valence-electron chi connectivity index (χ3n) is 6.00. The lowest BCUT2D eigenvalue weighted by Crippen LogP contribution is -2.49. The number of nitrogens with one attached hydrogen (secondary N) is 1. The Kier molecular flexibility index (Phi) is 8.28. The van der Waals surface area contributed by atoms with E-state index in [1.807, 2.05) is 42.8 Å². The molecule has 3 aromatic rings. The highest BCUT2D eigenvalue weighted by molar-refractivity contribution is 7.80. The van der Waals surface area contributed by atoms with Gasteiger partial charge in [-0.2, -0.15) is 5.10 Å². The number of rotatable bonds is 5. The van der Waals surface area contributed by atoms with Crippen molar-refractivity contribution in [2.45, 2.75) is 26.9 Å². The summed E-state index contributed by atoms with van der Waals surface area (Å²) in [5, 5.41) is 11.3. The average molecular weight is 557 g/mol. The number of halogens is 4. The molecule has 4 rings (SSSR count). The van der Waals surface area contributed by atoms with E-state index in [1.165, 1.54) is 0 Å². The van der Waals surface area contributed by atoms with Crippen LogP contribution >= 0.6 is 58.6 Å². The van der Waals surface area contributed by atoms with Crippen molar-refractivity contribution in [1.29, 1.82) is 0 Å². The minimum Gasteiger partial charge on any atom is -0.346 e. The van der Waals surface area contributed by atoms with Crippen molar-refractivity contribution in [3.8, 4) is 0 Å². The zero-order chi connectivity index (χ0) is 24.4. The van der Waals surface area contributed by atoms with E-state index in [2.05, 4.69) is 15.1 Å². The molecule has 2 heterocycles. The predicted molar refractivity (Wildman–Crippen MR) is 147 cm³/mol. The Bertz CT molecular complexity index is 1200. The van der Waals surface area contributed by atoms with E-state index in [0.717, 1.165) is 60.9 Å². The number of nitrogens with zero attached hydrogens (tertiary/aromatic N) is 4. The first-order valence-corrected chi connectivity index (χ1v) is 12.8. The number of aromatic nitrogens is 2. The zero-order valence-electron chi connectivity index (χ0n) is 18.9. The molecule has 34 heavy (non-hydrogen) atoms. The molecule has 1 aromatic heterocycles. The zero-order valence-corrected chi connectivity index (χ0v) is 22.8. The van der Waals surface area contributed by atoms with E-state index in [1.54, 1.807) is 12.1 Å². The first-order chi connectivity index (χ1) is 16.2. The molecule has 1 fully saturated rings. The summed E-state index contributed by atoms with van der Waals surface area (Å²) in [6, 6.07) is 11.3. The Morgan fingerprint density at radius 1 is 0.912 bits per heavy atom. The van der Waals surface area contributed by atoms with Crippen LogP contribution in [-0.4, -0.2) is 50.9 Å². The van der Waals surface area contributed by atoms with Gasteiger partial charge in [-0.3, -0.25) is 9.58 Å². The van der Waals surface area contributed by atoms with Crippen molar-refractivity contribution >= 4 is 69.4 Å². The Labute approximate surface area is 225 Å². The Morgan fingerprint density at radius 2 is 1.65 bits per heavy atom. The van der Waals surface area contributed by atoms with Crippen molar-refractivity contribution in [3.63, 3.8) is 0 Å². The molecule has 2 aromatic carbocycles. The number of piperazine rings is 1. The second-order valence-corrected chi connectivity index (χ2v) is 10.4. The molecule has 0 atom stereocenters. The molecule has 0 spiro atoms. The van der Waals surface area contributed by atoms with Gasteiger partial charge in [-0.15, -0.1) is 0 Å². The van der Waals surface area contributed by atoms with Crippen LogP contribution in [0.2, 0.25) is 20.1 Å². The third-order valence-corrected chi connectivity index (χ3v) is 7.68. The molecule has 1 aliphatic rings. The summed E-state index contributed by atoms with van der Waals surface area (Å²) in [7, 11) is 0. The van der Waals surface area contributed by atoms with Gasteiger partial charge in [0, 0.05) is 42.8 Å². The van der Waals surface area contributed by atoms with Crippen molar-refractivity contribution in [1.82, 2.24) is 19.6 Å². The van der Waals surface area contributed by atoms with Crippen LogP contribution in [0.1, 0.15) is 22.5 Å². The van der Waals surface area contributed by atoms with Crippen LogP contribution in [0, 0.1) is 13.8 Å². The summed E-state index contributed by atoms with van der Waals surface area (Å²) in [6.45, 7) is 8.89. The molecule has 0 radical (unpaired) electrons. The van der Waals surface area contributed by atoms with Crippen LogP contribution < -0.4 is 5.32 Å². The minimum absolute atomic E-state index is 0.540. The highest BCUT2D eigenvalue weighted by Gasteiger charge is 2.22. The highest BCUT2D eigenvalue weighted by Crippen LogP contribution is 2.26. The number of thiocarbonyl (C=S) groups is 1. The average Bonchev–Trinajstić information content (AvgIpc) is 3.06. The van der Waals surface area contributed by atoms with Crippen LogP contribution in [-0.2, 0) is 13.1 Å². The third kappa shape index (κ3) is 5.99. The summed E-state index contributed by atoms with van der Waals surface area (Å²) >= 11 is 30.3. The van der Waals surface area contributed by atoms with E-state index in [-0.39, 0.29) is 0 Å².